The number of carbonyl (C=O) groups is 3. The molecule has 164 valence electrons. The van der Waals surface area contributed by atoms with Gasteiger partial charge in [0.15, 0.2) is 5.11 Å². The van der Waals surface area contributed by atoms with Crippen molar-refractivity contribution in [2.75, 3.05) is 19.7 Å². The highest BCUT2D eigenvalue weighted by atomic mass is 32.1. The van der Waals surface area contributed by atoms with Crippen LogP contribution >= 0.6 is 12.2 Å². The van der Waals surface area contributed by atoms with E-state index >= 15 is 0 Å². The molecular formula is C21H29N3O5S. The van der Waals surface area contributed by atoms with Gasteiger partial charge < -0.3 is 19.7 Å². The number of hydrogen-bond donors (Lipinski definition) is 2. The number of benzene rings is 1. The molecule has 1 saturated heterocycles. The summed E-state index contributed by atoms with van der Waals surface area (Å²) >= 11 is 5.37. The first-order chi connectivity index (χ1) is 14.3. The average Bonchev–Trinajstić information content (AvgIpc) is 2.69. The van der Waals surface area contributed by atoms with Crippen LogP contribution in [0.2, 0.25) is 0 Å². The Bertz CT molecular complexity index is 784. The minimum absolute atomic E-state index is 0.0194. The van der Waals surface area contributed by atoms with Crippen LogP contribution in [0.4, 0.5) is 0 Å². The molecule has 1 unspecified atom stereocenters. The van der Waals surface area contributed by atoms with Crippen molar-refractivity contribution in [2.24, 2.45) is 0 Å². The molecule has 0 radical (unpaired) electrons. The number of piperazine rings is 1. The van der Waals surface area contributed by atoms with Crippen molar-refractivity contribution in [3.8, 4) is 5.75 Å². The molecule has 1 aliphatic heterocycles. The van der Waals surface area contributed by atoms with Gasteiger partial charge in [0.25, 0.3) is 5.91 Å². The highest BCUT2D eigenvalue weighted by Crippen LogP contribution is 2.16. The van der Waals surface area contributed by atoms with Crippen LogP contribution < -0.4 is 15.4 Å². The summed E-state index contributed by atoms with van der Waals surface area (Å²) in [4.78, 5) is 38.6. The number of hydrogen-bond acceptors (Lipinski definition) is 6. The maximum Gasteiger partial charge on any atom is 0.308 e. The molecule has 2 amide bonds. The lowest BCUT2D eigenvalue weighted by atomic mass is 10.1. The summed E-state index contributed by atoms with van der Waals surface area (Å²) < 4.78 is 10.8. The van der Waals surface area contributed by atoms with Crippen LogP contribution in [0.3, 0.4) is 0 Å². The van der Waals surface area contributed by atoms with Crippen molar-refractivity contribution in [2.45, 2.75) is 52.2 Å². The molecule has 1 fully saturated rings. The third-order valence-electron chi connectivity index (χ3n) is 4.40. The van der Waals surface area contributed by atoms with Gasteiger partial charge in [-0.15, -0.1) is 0 Å². The Hall–Kier alpha value is -2.68. The number of nitrogens with zero attached hydrogens (tertiary/aromatic N) is 1. The molecule has 1 aromatic rings. The van der Waals surface area contributed by atoms with Crippen molar-refractivity contribution in [3.05, 3.63) is 29.8 Å². The predicted molar refractivity (Wildman–Crippen MR) is 116 cm³/mol. The van der Waals surface area contributed by atoms with Crippen LogP contribution in [-0.2, 0) is 14.3 Å². The van der Waals surface area contributed by atoms with E-state index in [2.05, 4.69) is 10.6 Å². The van der Waals surface area contributed by atoms with Gasteiger partial charge in [0, 0.05) is 18.7 Å². The van der Waals surface area contributed by atoms with Crippen LogP contribution in [0.1, 0.15) is 50.4 Å². The molecule has 0 saturated carbocycles. The molecule has 1 aromatic carbocycles. The minimum atomic E-state index is -0.823. The molecule has 1 aliphatic rings. The molecular weight excluding hydrogens is 406 g/mol. The summed E-state index contributed by atoms with van der Waals surface area (Å²) in [5.41, 5.74) is 0.382. The molecule has 2 rings (SSSR count). The van der Waals surface area contributed by atoms with E-state index in [1.165, 1.54) is 0 Å². The Morgan fingerprint density at radius 1 is 1.37 bits per heavy atom. The zero-order valence-electron chi connectivity index (χ0n) is 17.6. The maximum absolute atomic E-state index is 12.6. The van der Waals surface area contributed by atoms with Gasteiger partial charge in [0.1, 0.15) is 11.8 Å². The first-order valence-electron chi connectivity index (χ1n) is 10.1. The average molecular weight is 436 g/mol. The normalized spacial score (nSPS) is 16.1. The van der Waals surface area contributed by atoms with Crippen molar-refractivity contribution < 1.29 is 23.9 Å². The molecule has 30 heavy (non-hydrogen) atoms. The van der Waals surface area contributed by atoms with Crippen LogP contribution in [0.25, 0.3) is 0 Å². The van der Waals surface area contributed by atoms with Gasteiger partial charge in [0.2, 0.25) is 5.91 Å². The molecule has 8 nitrogen and oxygen atoms in total. The number of ether oxygens (including phenoxy) is 2. The summed E-state index contributed by atoms with van der Waals surface area (Å²) in [6, 6.07) is 5.94. The third kappa shape index (κ3) is 6.98. The molecule has 1 heterocycles. The quantitative estimate of drug-likeness (QED) is 0.366. The first-order valence-corrected chi connectivity index (χ1v) is 10.5. The summed E-state index contributed by atoms with van der Waals surface area (Å²) in [6.45, 7) is 6.87. The van der Waals surface area contributed by atoms with Crippen molar-refractivity contribution in [1.82, 2.24) is 15.5 Å². The second kappa shape index (κ2) is 11.5. The van der Waals surface area contributed by atoms with Gasteiger partial charge in [-0.2, -0.15) is 0 Å². The van der Waals surface area contributed by atoms with Crippen LogP contribution in [0.5, 0.6) is 5.75 Å². The second-order valence-corrected chi connectivity index (χ2v) is 7.62. The topological polar surface area (TPSA) is 97.0 Å². The molecule has 0 aliphatic carbocycles. The van der Waals surface area contributed by atoms with Crippen LogP contribution in [-0.4, -0.2) is 59.6 Å². The van der Waals surface area contributed by atoms with E-state index in [9.17, 15) is 14.4 Å². The fourth-order valence-corrected chi connectivity index (χ4v) is 3.24. The van der Waals surface area contributed by atoms with Crippen molar-refractivity contribution in [1.29, 1.82) is 0 Å². The van der Waals surface area contributed by atoms with Gasteiger partial charge in [-0.3, -0.25) is 19.7 Å². The number of thiocarbonyl (C=S) groups is 1. The Balaban J connectivity index is 2.03. The highest BCUT2D eigenvalue weighted by Gasteiger charge is 2.34. The monoisotopic (exact) mass is 435 g/mol. The van der Waals surface area contributed by atoms with E-state index < -0.39 is 17.9 Å². The summed E-state index contributed by atoms with van der Waals surface area (Å²) in [5.74, 6) is -0.626. The van der Waals surface area contributed by atoms with Crippen molar-refractivity contribution >= 4 is 35.1 Å². The van der Waals surface area contributed by atoms with Crippen LogP contribution in [0, 0.1) is 0 Å². The zero-order valence-corrected chi connectivity index (χ0v) is 18.4. The number of amides is 2. The summed E-state index contributed by atoms with van der Waals surface area (Å²) in [6.07, 6.45) is 1.51. The molecule has 9 heteroatoms. The van der Waals surface area contributed by atoms with Gasteiger partial charge in [0.05, 0.1) is 19.1 Å². The van der Waals surface area contributed by atoms with Gasteiger partial charge in [-0.25, -0.2) is 0 Å². The molecule has 1 atom stereocenters. The Kier molecular flexibility index (Phi) is 9.04. The maximum atomic E-state index is 12.6. The fraction of sp³-hybridized carbons (Fsp3) is 0.524. The molecule has 2 N–H and O–H groups in total. The van der Waals surface area contributed by atoms with E-state index in [0.29, 0.717) is 31.0 Å². The van der Waals surface area contributed by atoms with Gasteiger partial charge in [-0.05, 0) is 50.7 Å². The number of rotatable bonds is 8. The van der Waals surface area contributed by atoms with E-state index in [-0.39, 0.29) is 23.5 Å². The SMILES string of the molecule is CCCCOC(=O)CC1C(=O)NCCN1C(=S)NC(=O)c1cccc(OC(C)C)c1. The summed E-state index contributed by atoms with van der Waals surface area (Å²) in [5, 5.41) is 5.47. The highest BCUT2D eigenvalue weighted by molar-refractivity contribution is 7.80. The van der Waals surface area contributed by atoms with E-state index in [1.54, 1.807) is 29.2 Å². The van der Waals surface area contributed by atoms with Gasteiger partial charge in [-0.1, -0.05) is 19.4 Å². The lowest BCUT2D eigenvalue weighted by Crippen LogP contribution is -2.60. The second-order valence-electron chi connectivity index (χ2n) is 7.23. The molecule has 0 aromatic heterocycles. The number of nitrogens with one attached hydrogen (secondary N) is 2. The Morgan fingerprint density at radius 2 is 2.13 bits per heavy atom. The lowest BCUT2D eigenvalue weighted by molar-refractivity contribution is -0.147. The van der Waals surface area contributed by atoms with Gasteiger partial charge >= 0.3 is 5.97 Å². The van der Waals surface area contributed by atoms with Crippen LogP contribution in [0.15, 0.2) is 24.3 Å². The molecule has 0 spiro atoms. The number of unbranched alkanes of at least 4 members (excludes halogenated alkanes) is 1. The lowest BCUT2D eigenvalue weighted by Gasteiger charge is -2.36. The predicted octanol–water partition coefficient (Wildman–Crippen LogP) is 2.02. The number of esters is 1. The van der Waals surface area contributed by atoms with E-state index in [0.717, 1.165) is 12.8 Å². The van der Waals surface area contributed by atoms with Crippen molar-refractivity contribution in [3.63, 3.8) is 0 Å². The zero-order chi connectivity index (χ0) is 22.1. The fourth-order valence-electron chi connectivity index (χ4n) is 2.93. The standard InChI is InChI=1S/C21H29N3O5S/c1-4-5-11-28-18(25)13-17-20(27)22-9-10-24(17)21(30)23-19(26)15-7-6-8-16(12-15)29-14(2)3/h6-8,12,14,17H,4-5,9-11,13H2,1-3H3,(H,22,27)(H,23,26,30). The minimum Gasteiger partial charge on any atom is -0.491 e. The Morgan fingerprint density at radius 3 is 2.83 bits per heavy atom. The largest absolute Gasteiger partial charge is 0.491 e. The van der Waals surface area contributed by atoms with E-state index in [4.69, 9.17) is 21.7 Å². The van der Waals surface area contributed by atoms with E-state index in [1.807, 2.05) is 20.8 Å². The number of carbonyl (C=O) groups excluding carboxylic acids is 3. The third-order valence-corrected chi connectivity index (χ3v) is 4.74. The smallest absolute Gasteiger partial charge is 0.308 e. The Labute approximate surface area is 182 Å². The molecule has 0 bridgehead atoms. The summed E-state index contributed by atoms with van der Waals surface area (Å²) in [7, 11) is 0. The first kappa shape index (κ1) is 23.6.